The van der Waals surface area contributed by atoms with Gasteiger partial charge in [0.25, 0.3) is 0 Å². The molecule has 0 spiro atoms. The highest BCUT2D eigenvalue weighted by molar-refractivity contribution is 8.00. The summed E-state index contributed by atoms with van der Waals surface area (Å²) >= 11 is 1.79. The smallest absolute Gasteiger partial charge is 0.303 e. The lowest BCUT2D eigenvalue weighted by Gasteiger charge is -2.26. The summed E-state index contributed by atoms with van der Waals surface area (Å²) in [6.07, 6.45) is 0.796. The summed E-state index contributed by atoms with van der Waals surface area (Å²) in [5.41, 5.74) is 1.13. The molecule has 0 amide bonds. The predicted molar refractivity (Wildman–Crippen MR) is 62.9 cm³/mol. The van der Waals surface area contributed by atoms with Crippen molar-refractivity contribution in [3.05, 3.63) is 29.8 Å². The molecule has 1 aliphatic rings. The molecule has 86 valence electrons. The maximum atomic E-state index is 10.5. The molecule has 2 rings (SSSR count). The van der Waals surface area contributed by atoms with Crippen molar-refractivity contribution in [3.63, 3.8) is 0 Å². The van der Waals surface area contributed by atoms with Crippen LogP contribution in [0.15, 0.2) is 29.2 Å². The van der Waals surface area contributed by atoms with Crippen LogP contribution in [0.4, 0.5) is 0 Å². The van der Waals surface area contributed by atoms with Crippen LogP contribution in [0.2, 0.25) is 0 Å². The minimum atomic E-state index is -0.744. The third-order valence-corrected chi connectivity index (χ3v) is 3.74. The maximum absolute atomic E-state index is 10.5. The highest BCUT2D eigenvalue weighted by Crippen LogP contribution is 2.31. The number of hydrogen-bond acceptors (Lipinski definition) is 3. The molecule has 0 aliphatic carbocycles. The number of aliphatic carboxylic acids is 1. The Hall–Kier alpha value is -1.00. The lowest BCUT2D eigenvalue weighted by molar-refractivity contribution is -0.136. The molecule has 1 aromatic rings. The molecule has 0 aromatic heterocycles. The van der Waals surface area contributed by atoms with Crippen molar-refractivity contribution in [1.29, 1.82) is 0 Å². The quantitative estimate of drug-likeness (QED) is 0.854. The van der Waals surface area contributed by atoms with Gasteiger partial charge in [-0.25, -0.2) is 0 Å². The lowest BCUT2D eigenvalue weighted by Crippen LogP contribution is -2.30. The number of carbonyl (C=O) groups is 1. The molecular formula is C12H14O3S. The summed E-state index contributed by atoms with van der Waals surface area (Å²) < 4.78 is 5.13. The van der Waals surface area contributed by atoms with E-state index in [1.54, 1.807) is 11.8 Å². The fourth-order valence-corrected chi connectivity index (χ4v) is 2.69. The van der Waals surface area contributed by atoms with Gasteiger partial charge in [-0.3, -0.25) is 4.79 Å². The van der Waals surface area contributed by atoms with Gasteiger partial charge in [-0.2, -0.15) is 0 Å². The molecule has 0 saturated carbocycles. The Morgan fingerprint density at radius 1 is 1.44 bits per heavy atom. The van der Waals surface area contributed by atoms with E-state index < -0.39 is 5.97 Å². The number of aryl methyl sites for hydroxylation is 1. The third kappa shape index (κ3) is 3.00. The molecule has 0 unspecified atom stereocenters. The summed E-state index contributed by atoms with van der Waals surface area (Å²) in [4.78, 5) is 11.7. The Morgan fingerprint density at radius 2 is 2.19 bits per heavy atom. The molecular weight excluding hydrogens is 224 g/mol. The molecule has 1 aromatic carbocycles. The average Bonchev–Trinajstić information content (AvgIpc) is 2.22. The number of rotatable bonds is 5. The minimum Gasteiger partial charge on any atom is -0.481 e. The van der Waals surface area contributed by atoms with E-state index in [0.717, 1.165) is 18.8 Å². The zero-order chi connectivity index (χ0) is 11.4. The highest BCUT2D eigenvalue weighted by atomic mass is 32.2. The predicted octanol–water partition coefficient (Wildman–Crippen LogP) is 2.19. The lowest BCUT2D eigenvalue weighted by atomic mass is 10.1. The van der Waals surface area contributed by atoms with Crippen LogP contribution in [0.3, 0.4) is 0 Å². The second-order valence-corrected chi connectivity index (χ2v) is 5.12. The molecule has 0 bridgehead atoms. The zero-order valence-corrected chi connectivity index (χ0v) is 9.70. The maximum Gasteiger partial charge on any atom is 0.303 e. The SMILES string of the molecule is O=C(O)CCc1ccccc1SC1COC1. The van der Waals surface area contributed by atoms with Gasteiger partial charge < -0.3 is 9.84 Å². The molecule has 0 radical (unpaired) electrons. The summed E-state index contributed by atoms with van der Waals surface area (Å²) in [5.74, 6) is -0.744. The number of hydrogen-bond donors (Lipinski definition) is 1. The summed E-state index contributed by atoms with van der Waals surface area (Å²) in [5, 5.41) is 9.21. The van der Waals surface area contributed by atoms with Crippen LogP contribution in [0.5, 0.6) is 0 Å². The highest BCUT2D eigenvalue weighted by Gasteiger charge is 2.20. The molecule has 1 fully saturated rings. The Kier molecular flexibility index (Phi) is 3.85. The largest absolute Gasteiger partial charge is 0.481 e. The van der Waals surface area contributed by atoms with Gasteiger partial charge in [0, 0.05) is 11.3 Å². The van der Waals surface area contributed by atoms with Crippen molar-refractivity contribution in [2.75, 3.05) is 13.2 Å². The first-order chi connectivity index (χ1) is 7.75. The van der Waals surface area contributed by atoms with Crippen molar-refractivity contribution in [1.82, 2.24) is 0 Å². The van der Waals surface area contributed by atoms with Crippen LogP contribution < -0.4 is 0 Å². The number of ether oxygens (including phenoxy) is 1. The molecule has 4 heteroatoms. The molecule has 1 saturated heterocycles. The topological polar surface area (TPSA) is 46.5 Å². The molecule has 1 heterocycles. The Morgan fingerprint density at radius 3 is 2.81 bits per heavy atom. The molecule has 1 N–H and O–H groups in total. The van der Waals surface area contributed by atoms with Crippen LogP contribution in [0, 0.1) is 0 Å². The van der Waals surface area contributed by atoms with Gasteiger partial charge in [-0.15, -0.1) is 11.8 Å². The minimum absolute atomic E-state index is 0.193. The van der Waals surface area contributed by atoms with E-state index in [1.807, 2.05) is 18.2 Å². The molecule has 16 heavy (non-hydrogen) atoms. The van der Waals surface area contributed by atoms with Crippen LogP contribution in [-0.4, -0.2) is 29.5 Å². The fraction of sp³-hybridized carbons (Fsp3) is 0.417. The van der Waals surface area contributed by atoms with Crippen molar-refractivity contribution >= 4 is 17.7 Å². The monoisotopic (exact) mass is 238 g/mol. The van der Waals surface area contributed by atoms with Gasteiger partial charge in [-0.1, -0.05) is 18.2 Å². The normalized spacial score (nSPS) is 15.8. The second-order valence-electron chi connectivity index (χ2n) is 3.78. The van der Waals surface area contributed by atoms with Crippen molar-refractivity contribution < 1.29 is 14.6 Å². The summed E-state index contributed by atoms with van der Waals surface area (Å²) in [6.45, 7) is 1.61. The van der Waals surface area contributed by atoms with Crippen LogP contribution in [0.1, 0.15) is 12.0 Å². The van der Waals surface area contributed by atoms with Crippen LogP contribution in [0.25, 0.3) is 0 Å². The van der Waals surface area contributed by atoms with Gasteiger partial charge in [0.15, 0.2) is 0 Å². The van der Waals surface area contributed by atoms with E-state index in [4.69, 9.17) is 9.84 Å². The fourth-order valence-electron chi connectivity index (χ4n) is 1.53. The summed E-state index contributed by atoms with van der Waals surface area (Å²) in [7, 11) is 0. The van der Waals surface area contributed by atoms with E-state index in [-0.39, 0.29) is 6.42 Å². The average molecular weight is 238 g/mol. The first kappa shape index (κ1) is 11.5. The number of carboxylic acids is 1. The Labute approximate surface area is 98.8 Å². The Bertz CT molecular complexity index is 374. The van der Waals surface area contributed by atoms with Crippen molar-refractivity contribution in [3.8, 4) is 0 Å². The zero-order valence-electron chi connectivity index (χ0n) is 8.89. The van der Waals surface area contributed by atoms with E-state index >= 15 is 0 Å². The van der Waals surface area contributed by atoms with Crippen LogP contribution >= 0.6 is 11.8 Å². The van der Waals surface area contributed by atoms with E-state index in [9.17, 15) is 4.79 Å². The van der Waals surface area contributed by atoms with E-state index in [0.29, 0.717) is 11.7 Å². The number of thioether (sulfide) groups is 1. The summed E-state index contributed by atoms with van der Waals surface area (Å²) in [6, 6.07) is 8.01. The first-order valence-corrected chi connectivity index (χ1v) is 6.18. The number of carboxylic acid groups (broad SMARTS) is 1. The van der Waals surface area contributed by atoms with Gasteiger partial charge in [0.2, 0.25) is 0 Å². The van der Waals surface area contributed by atoms with Gasteiger partial charge >= 0.3 is 5.97 Å². The molecule has 3 nitrogen and oxygen atoms in total. The van der Waals surface area contributed by atoms with Gasteiger partial charge in [0.05, 0.1) is 18.5 Å². The third-order valence-electron chi connectivity index (χ3n) is 2.48. The number of benzene rings is 1. The standard InChI is InChI=1S/C12H14O3S/c13-12(14)6-5-9-3-1-2-4-11(9)16-10-7-15-8-10/h1-4,10H,5-8H2,(H,13,14). The second kappa shape index (κ2) is 5.37. The van der Waals surface area contributed by atoms with E-state index in [2.05, 4.69) is 6.07 Å². The van der Waals surface area contributed by atoms with Crippen LogP contribution in [-0.2, 0) is 16.0 Å². The van der Waals surface area contributed by atoms with Gasteiger partial charge in [0.1, 0.15) is 0 Å². The van der Waals surface area contributed by atoms with E-state index in [1.165, 1.54) is 4.90 Å². The Balaban J connectivity index is 2.00. The molecule has 1 aliphatic heterocycles. The first-order valence-electron chi connectivity index (χ1n) is 5.30. The van der Waals surface area contributed by atoms with Crippen molar-refractivity contribution in [2.45, 2.75) is 23.0 Å². The van der Waals surface area contributed by atoms with Gasteiger partial charge in [-0.05, 0) is 18.1 Å². The van der Waals surface area contributed by atoms with Crippen molar-refractivity contribution in [2.24, 2.45) is 0 Å². The molecule has 0 atom stereocenters.